The molecule has 2 rings (SSSR count). The number of hydrogen-bond donors (Lipinski definition) is 0. The van der Waals surface area contributed by atoms with Crippen molar-refractivity contribution in [1.29, 1.82) is 0 Å². The molecule has 1 aromatic heterocycles. The van der Waals surface area contributed by atoms with E-state index >= 15 is 0 Å². The maximum atomic E-state index is 13.9. The van der Waals surface area contributed by atoms with Gasteiger partial charge in [0.1, 0.15) is 30.4 Å². The second kappa shape index (κ2) is 9.64. The number of nitrogens with zero attached hydrogens (tertiary/aromatic N) is 3. The molecule has 0 amide bonds. The van der Waals surface area contributed by atoms with Crippen LogP contribution in [-0.2, 0) is 16.1 Å². The first-order chi connectivity index (χ1) is 14.3. The standard InChI is InChI=1S/C21H26ClF2N3O4/c1-12(2)27-19(29)17(22)18(30-11-13-7-8-14(23)9-15(13)24)25-20(27)26(6)10-16(28)31-21(3,4)5/h7-9,12H,10-11H2,1-6H3. The number of carbonyl (C=O) groups is 1. The molecule has 0 radical (unpaired) electrons. The SMILES string of the molecule is CC(C)n1c(N(C)CC(=O)OC(C)(C)C)nc(OCc2ccc(F)cc2F)c(Cl)c1=O. The number of rotatable bonds is 7. The van der Waals surface area contributed by atoms with E-state index in [1.165, 1.54) is 15.5 Å². The van der Waals surface area contributed by atoms with Crippen molar-refractivity contribution in [3.63, 3.8) is 0 Å². The van der Waals surface area contributed by atoms with Crippen molar-refractivity contribution in [2.75, 3.05) is 18.5 Å². The van der Waals surface area contributed by atoms with Crippen LogP contribution in [0.3, 0.4) is 0 Å². The summed E-state index contributed by atoms with van der Waals surface area (Å²) in [5.41, 5.74) is -1.18. The molecule has 0 spiro atoms. The molecule has 0 bridgehead atoms. The minimum atomic E-state index is -0.797. The lowest BCUT2D eigenvalue weighted by atomic mass is 10.2. The van der Waals surface area contributed by atoms with Crippen molar-refractivity contribution in [3.05, 3.63) is 50.8 Å². The molecule has 0 fully saturated rings. The van der Waals surface area contributed by atoms with E-state index in [2.05, 4.69) is 4.98 Å². The summed E-state index contributed by atoms with van der Waals surface area (Å²) < 4.78 is 39.1. The van der Waals surface area contributed by atoms with Crippen LogP contribution in [0, 0.1) is 11.6 Å². The van der Waals surface area contributed by atoms with Crippen LogP contribution in [0.25, 0.3) is 0 Å². The Morgan fingerprint density at radius 2 is 1.94 bits per heavy atom. The smallest absolute Gasteiger partial charge is 0.326 e. The molecule has 7 nitrogen and oxygen atoms in total. The lowest BCUT2D eigenvalue weighted by Gasteiger charge is -2.26. The molecule has 0 atom stereocenters. The van der Waals surface area contributed by atoms with Crippen LogP contribution in [0.4, 0.5) is 14.7 Å². The molecule has 0 aliphatic rings. The third kappa shape index (κ3) is 6.40. The van der Waals surface area contributed by atoms with Gasteiger partial charge in [-0.15, -0.1) is 0 Å². The summed E-state index contributed by atoms with van der Waals surface area (Å²) in [5, 5.41) is -0.286. The maximum Gasteiger partial charge on any atom is 0.326 e. The van der Waals surface area contributed by atoms with Crippen LogP contribution < -0.4 is 15.2 Å². The Balaban J connectivity index is 2.37. The molecule has 0 aliphatic heterocycles. The van der Waals surface area contributed by atoms with Gasteiger partial charge >= 0.3 is 5.97 Å². The van der Waals surface area contributed by atoms with Crippen LogP contribution in [0.5, 0.6) is 5.88 Å². The molecule has 170 valence electrons. The number of esters is 1. The van der Waals surface area contributed by atoms with E-state index in [-0.39, 0.29) is 41.6 Å². The molecule has 0 saturated carbocycles. The second-order valence-corrected chi connectivity index (χ2v) is 8.64. The average molecular weight is 458 g/mol. The quantitative estimate of drug-likeness (QED) is 0.582. The first kappa shape index (κ1) is 24.6. The lowest BCUT2D eigenvalue weighted by Crippen LogP contribution is -2.37. The second-order valence-electron chi connectivity index (χ2n) is 8.27. The monoisotopic (exact) mass is 457 g/mol. The third-order valence-electron chi connectivity index (χ3n) is 4.03. The van der Waals surface area contributed by atoms with Crippen molar-refractivity contribution in [2.24, 2.45) is 0 Å². The van der Waals surface area contributed by atoms with Gasteiger partial charge in [-0.25, -0.2) is 8.78 Å². The number of hydrogen-bond acceptors (Lipinski definition) is 6. The minimum absolute atomic E-state index is 0.0657. The summed E-state index contributed by atoms with van der Waals surface area (Å²) in [6.07, 6.45) is 0. The zero-order chi connectivity index (χ0) is 23.5. The zero-order valence-corrected chi connectivity index (χ0v) is 19.1. The molecule has 1 aromatic carbocycles. The normalized spacial score (nSPS) is 11.5. The van der Waals surface area contributed by atoms with E-state index in [1.54, 1.807) is 41.7 Å². The summed E-state index contributed by atoms with van der Waals surface area (Å²) in [4.78, 5) is 30.8. The van der Waals surface area contributed by atoms with Gasteiger partial charge < -0.3 is 14.4 Å². The molecule has 31 heavy (non-hydrogen) atoms. The van der Waals surface area contributed by atoms with E-state index in [9.17, 15) is 18.4 Å². The summed E-state index contributed by atoms with van der Waals surface area (Å²) >= 11 is 6.16. The fraction of sp³-hybridized carbons (Fsp3) is 0.476. The third-order valence-corrected chi connectivity index (χ3v) is 4.36. The highest BCUT2D eigenvalue weighted by Crippen LogP contribution is 2.25. The summed E-state index contributed by atoms with van der Waals surface area (Å²) in [7, 11) is 1.57. The van der Waals surface area contributed by atoms with Crippen molar-refractivity contribution < 1.29 is 23.0 Å². The Morgan fingerprint density at radius 3 is 2.48 bits per heavy atom. The molecular formula is C21H26ClF2N3O4. The van der Waals surface area contributed by atoms with E-state index in [0.29, 0.717) is 0 Å². The van der Waals surface area contributed by atoms with Gasteiger partial charge in [0.25, 0.3) is 5.56 Å². The van der Waals surface area contributed by atoms with Gasteiger partial charge in [0, 0.05) is 24.7 Å². The van der Waals surface area contributed by atoms with Crippen LogP contribution in [0.15, 0.2) is 23.0 Å². The highest BCUT2D eigenvalue weighted by atomic mass is 35.5. The van der Waals surface area contributed by atoms with E-state index in [1.807, 2.05) is 0 Å². The number of aromatic nitrogens is 2. The molecule has 0 unspecified atom stereocenters. The predicted molar refractivity (Wildman–Crippen MR) is 114 cm³/mol. The van der Waals surface area contributed by atoms with Crippen LogP contribution in [0.1, 0.15) is 46.2 Å². The summed E-state index contributed by atoms with van der Waals surface area (Å²) in [6, 6.07) is 2.72. The zero-order valence-electron chi connectivity index (χ0n) is 18.3. The highest BCUT2D eigenvalue weighted by Gasteiger charge is 2.24. The molecule has 10 heteroatoms. The number of halogens is 3. The van der Waals surface area contributed by atoms with Gasteiger partial charge in [-0.3, -0.25) is 14.2 Å². The van der Waals surface area contributed by atoms with Gasteiger partial charge in [0.05, 0.1) is 0 Å². The Bertz CT molecular complexity index is 1020. The number of benzene rings is 1. The van der Waals surface area contributed by atoms with Gasteiger partial charge in [-0.05, 0) is 46.8 Å². The fourth-order valence-electron chi connectivity index (χ4n) is 2.74. The number of carbonyl (C=O) groups excluding carboxylic acids is 1. The highest BCUT2D eigenvalue weighted by molar-refractivity contribution is 6.31. The summed E-state index contributed by atoms with van der Waals surface area (Å²) in [5.74, 6) is -2.12. The topological polar surface area (TPSA) is 73.7 Å². The predicted octanol–water partition coefficient (Wildman–Crippen LogP) is 4.11. The van der Waals surface area contributed by atoms with Crippen LogP contribution in [0.2, 0.25) is 5.02 Å². The first-order valence-electron chi connectivity index (χ1n) is 9.62. The largest absolute Gasteiger partial charge is 0.471 e. The molecule has 1 heterocycles. The van der Waals surface area contributed by atoms with E-state index in [0.717, 1.165) is 12.1 Å². The van der Waals surface area contributed by atoms with Crippen molar-refractivity contribution >= 4 is 23.5 Å². The maximum absolute atomic E-state index is 13.9. The van der Waals surface area contributed by atoms with Crippen LogP contribution >= 0.6 is 11.6 Å². The number of anilines is 1. The molecule has 2 aromatic rings. The Hall–Kier alpha value is -2.68. The van der Waals surface area contributed by atoms with Crippen LogP contribution in [-0.4, -0.2) is 34.7 Å². The minimum Gasteiger partial charge on any atom is -0.471 e. The van der Waals surface area contributed by atoms with Gasteiger partial charge in [0.15, 0.2) is 5.02 Å². The van der Waals surface area contributed by atoms with Gasteiger partial charge in [-0.1, -0.05) is 11.6 Å². The van der Waals surface area contributed by atoms with Crippen molar-refractivity contribution in [2.45, 2.75) is 52.9 Å². The van der Waals surface area contributed by atoms with Gasteiger partial charge in [-0.2, -0.15) is 4.98 Å². The number of ether oxygens (including phenoxy) is 2. The summed E-state index contributed by atoms with van der Waals surface area (Å²) in [6.45, 7) is 8.27. The first-order valence-corrected chi connectivity index (χ1v) is 9.99. The number of likely N-dealkylation sites (N-methyl/N-ethyl adjacent to an activating group) is 1. The van der Waals surface area contributed by atoms with Crippen molar-refractivity contribution in [1.82, 2.24) is 9.55 Å². The molecular weight excluding hydrogens is 432 g/mol. The molecule has 0 saturated heterocycles. The average Bonchev–Trinajstić information content (AvgIpc) is 2.61. The Morgan fingerprint density at radius 1 is 1.29 bits per heavy atom. The van der Waals surface area contributed by atoms with Crippen molar-refractivity contribution in [3.8, 4) is 5.88 Å². The molecule has 0 aliphatic carbocycles. The van der Waals surface area contributed by atoms with Gasteiger partial charge in [0.2, 0.25) is 11.8 Å². The lowest BCUT2D eigenvalue weighted by molar-refractivity contribution is -0.152. The van der Waals surface area contributed by atoms with E-state index < -0.39 is 28.8 Å². The Kier molecular flexibility index (Phi) is 7.64. The van der Waals surface area contributed by atoms with E-state index in [4.69, 9.17) is 21.1 Å². The molecule has 0 N–H and O–H groups in total. The Labute approximate surface area is 184 Å². The fourth-order valence-corrected chi connectivity index (χ4v) is 2.92.